The lowest BCUT2D eigenvalue weighted by Gasteiger charge is -2.21. The molecule has 0 amide bonds. The van der Waals surface area contributed by atoms with Gasteiger partial charge in [-0.25, -0.2) is 4.98 Å². The molecule has 0 spiro atoms. The van der Waals surface area contributed by atoms with Crippen molar-refractivity contribution < 1.29 is 4.42 Å². The van der Waals surface area contributed by atoms with Gasteiger partial charge in [-0.15, -0.1) is 0 Å². The number of nitrogens with zero attached hydrogens (tertiary/aromatic N) is 2. The van der Waals surface area contributed by atoms with E-state index in [0.29, 0.717) is 11.8 Å². The first kappa shape index (κ1) is 26.0. The van der Waals surface area contributed by atoms with Gasteiger partial charge in [-0.2, -0.15) is 0 Å². The lowest BCUT2D eigenvalue weighted by atomic mass is 9.92. The van der Waals surface area contributed by atoms with Crippen LogP contribution in [0.5, 0.6) is 0 Å². The average molecular weight is 547 g/mol. The zero-order chi connectivity index (χ0) is 28.8. The van der Waals surface area contributed by atoms with Crippen LogP contribution >= 0.6 is 0 Å². The molecular formula is C39H34N2O. The molecule has 0 unspecified atom stereocenters. The van der Waals surface area contributed by atoms with Crippen LogP contribution in [0.25, 0.3) is 61.3 Å². The van der Waals surface area contributed by atoms with E-state index in [9.17, 15) is 0 Å². The summed E-state index contributed by atoms with van der Waals surface area (Å²) in [6, 6.07) is 38.8. The lowest BCUT2D eigenvalue weighted by molar-refractivity contribution is 0.669. The quantitative estimate of drug-likeness (QED) is 0.208. The standard InChI is InChI=1S/C39H34N2O/c1-25(2)31-12-8-13-32(26(3)4)37(31)41-23-22-40-39(41)35-15-9-14-34-33-21-20-30(24-36(33)42-38(34)35)29-18-16-28(17-19-29)27-10-6-5-7-11-27/h5-26H,1-4H3. The third-order valence-corrected chi connectivity index (χ3v) is 8.29. The second-order valence-corrected chi connectivity index (χ2v) is 11.7. The van der Waals surface area contributed by atoms with Gasteiger partial charge in [-0.05, 0) is 63.4 Å². The van der Waals surface area contributed by atoms with Crippen LogP contribution in [0.2, 0.25) is 0 Å². The molecule has 0 saturated heterocycles. The molecule has 0 bridgehead atoms. The molecule has 3 heteroatoms. The van der Waals surface area contributed by atoms with Gasteiger partial charge >= 0.3 is 0 Å². The summed E-state index contributed by atoms with van der Waals surface area (Å²) >= 11 is 0. The molecule has 42 heavy (non-hydrogen) atoms. The topological polar surface area (TPSA) is 31.0 Å². The van der Waals surface area contributed by atoms with Crippen LogP contribution in [0.3, 0.4) is 0 Å². The number of furan rings is 1. The second-order valence-electron chi connectivity index (χ2n) is 11.7. The van der Waals surface area contributed by atoms with Crippen molar-refractivity contribution in [2.24, 2.45) is 0 Å². The maximum absolute atomic E-state index is 6.66. The fourth-order valence-electron chi connectivity index (χ4n) is 6.11. The number of benzene rings is 5. The average Bonchev–Trinajstić information content (AvgIpc) is 3.65. The molecule has 7 aromatic rings. The maximum Gasteiger partial charge on any atom is 0.148 e. The number of imidazole rings is 1. The van der Waals surface area contributed by atoms with Crippen molar-refractivity contribution in [1.29, 1.82) is 0 Å². The largest absolute Gasteiger partial charge is 0.455 e. The van der Waals surface area contributed by atoms with Crippen LogP contribution < -0.4 is 0 Å². The van der Waals surface area contributed by atoms with E-state index in [4.69, 9.17) is 9.40 Å². The van der Waals surface area contributed by atoms with Crippen molar-refractivity contribution in [2.45, 2.75) is 39.5 Å². The number of para-hydroxylation sites is 2. The van der Waals surface area contributed by atoms with Gasteiger partial charge in [0.1, 0.15) is 17.0 Å². The zero-order valence-electron chi connectivity index (χ0n) is 24.5. The lowest BCUT2D eigenvalue weighted by Crippen LogP contribution is -2.07. The van der Waals surface area contributed by atoms with Gasteiger partial charge in [0.15, 0.2) is 0 Å². The number of rotatable bonds is 6. The zero-order valence-corrected chi connectivity index (χ0v) is 24.5. The molecule has 0 saturated carbocycles. The van der Waals surface area contributed by atoms with Crippen LogP contribution in [0.15, 0.2) is 126 Å². The van der Waals surface area contributed by atoms with Crippen molar-refractivity contribution in [3.8, 4) is 39.3 Å². The Morgan fingerprint density at radius 2 is 1.21 bits per heavy atom. The van der Waals surface area contributed by atoms with Crippen LogP contribution in [-0.4, -0.2) is 9.55 Å². The molecule has 0 aliphatic heterocycles. The van der Waals surface area contributed by atoms with Gasteiger partial charge in [0.25, 0.3) is 0 Å². The van der Waals surface area contributed by atoms with Gasteiger partial charge in [0.05, 0.1) is 11.3 Å². The first-order valence-corrected chi connectivity index (χ1v) is 14.8. The second kappa shape index (κ2) is 10.5. The first-order chi connectivity index (χ1) is 20.5. The van der Waals surface area contributed by atoms with Crippen molar-refractivity contribution in [3.63, 3.8) is 0 Å². The summed E-state index contributed by atoms with van der Waals surface area (Å²) in [5, 5.41) is 2.21. The molecular weight excluding hydrogens is 512 g/mol. The Labute approximate surface area is 247 Å². The van der Waals surface area contributed by atoms with E-state index >= 15 is 0 Å². The van der Waals surface area contributed by atoms with Gasteiger partial charge in [0, 0.05) is 23.2 Å². The molecule has 7 rings (SSSR count). The van der Waals surface area contributed by atoms with E-state index < -0.39 is 0 Å². The molecule has 0 aliphatic carbocycles. The van der Waals surface area contributed by atoms with Crippen LogP contribution in [-0.2, 0) is 0 Å². The molecule has 206 valence electrons. The Hall–Kier alpha value is -4.89. The highest BCUT2D eigenvalue weighted by Gasteiger charge is 2.21. The summed E-state index contributed by atoms with van der Waals surface area (Å²) < 4.78 is 8.91. The summed E-state index contributed by atoms with van der Waals surface area (Å²) in [6.07, 6.45) is 3.98. The predicted molar refractivity (Wildman–Crippen MR) is 175 cm³/mol. The Kier molecular flexibility index (Phi) is 6.51. The number of aromatic nitrogens is 2. The van der Waals surface area contributed by atoms with E-state index in [0.717, 1.165) is 38.9 Å². The number of hydrogen-bond acceptors (Lipinski definition) is 2. The highest BCUT2D eigenvalue weighted by atomic mass is 16.3. The molecule has 0 radical (unpaired) electrons. The highest BCUT2D eigenvalue weighted by Crippen LogP contribution is 2.39. The molecule has 0 atom stereocenters. The van der Waals surface area contributed by atoms with E-state index in [1.54, 1.807) is 0 Å². The summed E-state index contributed by atoms with van der Waals surface area (Å²) in [5.74, 6) is 1.67. The summed E-state index contributed by atoms with van der Waals surface area (Å²) in [7, 11) is 0. The maximum atomic E-state index is 6.66. The Morgan fingerprint density at radius 1 is 0.595 bits per heavy atom. The molecule has 0 N–H and O–H groups in total. The van der Waals surface area contributed by atoms with E-state index in [2.05, 4.69) is 142 Å². The number of hydrogen-bond donors (Lipinski definition) is 0. The smallest absolute Gasteiger partial charge is 0.148 e. The van der Waals surface area contributed by atoms with Gasteiger partial charge in [0.2, 0.25) is 0 Å². The third-order valence-electron chi connectivity index (χ3n) is 8.29. The normalized spacial score (nSPS) is 11.8. The van der Waals surface area contributed by atoms with Gasteiger partial charge in [-0.1, -0.05) is 119 Å². The molecule has 2 heterocycles. The molecule has 5 aromatic carbocycles. The first-order valence-electron chi connectivity index (χ1n) is 14.8. The molecule has 0 aliphatic rings. The van der Waals surface area contributed by atoms with Crippen LogP contribution in [0.1, 0.15) is 50.7 Å². The SMILES string of the molecule is CC(C)c1cccc(C(C)C)c1-n1ccnc1-c1cccc2c1oc1cc(-c3ccc(-c4ccccc4)cc3)ccc12. The molecule has 3 nitrogen and oxygen atoms in total. The Bertz CT molecular complexity index is 2000. The van der Waals surface area contributed by atoms with Crippen molar-refractivity contribution in [2.75, 3.05) is 0 Å². The van der Waals surface area contributed by atoms with E-state index in [1.165, 1.54) is 33.5 Å². The summed E-state index contributed by atoms with van der Waals surface area (Å²) in [6.45, 7) is 9.03. The van der Waals surface area contributed by atoms with E-state index in [-0.39, 0.29) is 0 Å². The highest BCUT2D eigenvalue weighted by molar-refractivity contribution is 6.10. The van der Waals surface area contributed by atoms with Crippen molar-refractivity contribution in [3.05, 3.63) is 133 Å². The van der Waals surface area contributed by atoms with Crippen molar-refractivity contribution in [1.82, 2.24) is 9.55 Å². The van der Waals surface area contributed by atoms with Crippen LogP contribution in [0, 0.1) is 0 Å². The van der Waals surface area contributed by atoms with Crippen molar-refractivity contribution >= 4 is 21.9 Å². The minimum Gasteiger partial charge on any atom is -0.455 e. The summed E-state index contributed by atoms with van der Waals surface area (Å²) in [4.78, 5) is 4.89. The predicted octanol–water partition coefficient (Wildman–Crippen LogP) is 11.0. The third kappa shape index (κ3) is 4.42. The Balaban J connectivity index is 1.34. The van der Waals surface area contributed by atoms with Gasteiger partial charge < -0.3 is 4.42 Å². The Morgan fingerprint density at radius 3 is 1.90 bits per heavy atom. The summed E-state index contributed by atoms with van der Waals surface area (Å²) in [5.41, 5.74) is 11.3. The van der Waals surface area contributed by atoms with E-state index in [1.807, 2.05) is 12.3 Å². The van der Waals surface area contributed by atoms with Crippen LogP contribution in [0.4, 0.5) is 0 Å². The molecule has 2 aromatic heterocycles. The monoisotopic (exact) mass is 546 g/mol. The number of fused-ring (bicyclic) bond motifs is 3. The minimum absolute atomic E-state index is 0.385. The fraction of sp³-hybridized carbons (Fsp3) is 0.154. The fourth-order valence-corrected chi connectivity index (χ4v) is 6.11. The molecule has 0 fully saturated rings. The minimum atomic E-state index is 0.385. The van der Waals surface area contributed by atoms with Gasteiger partial charge in [-0.3, -0.25) is 4.57 Å².